The van der Waals surface area contributed by atoms with Crippen LogP contribution in [0.25, 0.3) is 0 Å². The molecule has 0 fully saturated rings. The summed E-state index contributed by atoms with van der Waals surface area (Å²) in [5.41, 5.74) is 4.34. The molecule has 0 heterocycles. The van der Waals surface area contributed by atoms with Gasteiger partial charge >= 0.3 is 5.97 Å². The lowest BCUT2D eigenvalue weighted by Gasteiger charge is -2.21. The topological polar surface area (TPSA) is 105 Å². The average molecular weight is 403 g/mol. The van der Waals surface area contributed by atoms with Gasteiger partial charge in [-0.3, -0.25) is 13.9 Å². The zero-order chi connectivity index (χ0) is 20.7. The van der Waals surface area contributed by atoms with E-state index in [1.54, 1.807) is 48.5 Å². The number of hydrogen-bond acceptors (Lipinski definition) is 6. The van der Waals surface area contributed by atoms with Crippen LogP contribution in [0.4, 0.5) is 5.69 Å². The van der Waals surface area contributed by atoms with E-state index in [0.29, 0.717) is 17.0 Å². The second kappa shape index (κ2) is 9.14. The summed E-state index contributed by atoms with van der Waals surface area (Å²) >= 11 is 0. The highest BCUT2D eigenvalue weighted by Crippen LogP contribution is 2.17. The molecule has 0 aromatic heterocycles. The van der Waals surface area contributed by atoms with Crippen LogP contribution in [0, 0.1) is 6.92 Å². The number of carbonyl (C=O) groups excluding carboxylic acids is 2. The minimum atomic E-state index is -3.64. The maximum absolute atomic E-state index is 12.1. The van der Waals surface area contributed by atoms with Crippen molar-refractivity contribution in [1.82, 2.24) is 5.43 Å². The van der Waals surface area contributed by atoms with E-state index >= 15 is 0 Å². The standard InChI is InChI=1S/C19H21N3O5S/c1-14-4-8-17(9-5-14)22(28(3,25)26)13-19(24)21-20-12-16-6-10-18(11-7-16)27-15(2)23/h4-12H,13H2,1-3H3,(H,21,24)/b20-12-. The molecule has 0 aliphatic heterocycles. The van der Waals surface area contributed by atoms with Crippen LogP contribution in [0.5, 0.6) is 5.75 Å². The predicted octanol–water partition coefficient (Wildman–Crippen LogP) is 1.84. The summed E-state index contributed by atoms with van der Waals surface area (Å²) in [6.45, 7) is 2.79. The Hall–Kier alpha value is -3.20. The molecular formula is C19H21N3O5S. The lowest BCUT2D eigenvalue weighted by atomic mass is 10.2. The number of rotatable bonds is 7. The van der Waals surface area contributed by atoms with E-state index in [4.69, 9.17) is 4.74 Å². The van der Waals surface area contributed by atoms with E-state index in [1.807, 2.05) is 6.92 Å². The minimum absolute atomic E-state index is 0.397. The van der Waals surface area contributed by atoms with Gasteiger partial charge in [0.15, 0.2) is 0 Å². The monoisotopic (exact) mass is 403 g/mol. The SMILES string of the molecule is CC(=O)Oc1ccc(/C=N\NC(=O)CN(c2ccc(C)cc2)S(C)(=O)=O)cc1. The Morgan fingerprint density at radius 1 is 1.11 bits per heavy atom. The van der Waals surface area contributed by atoms with Crippen molar-refractivity contribution in [3.63, 3.8) is 0 Å². The molecule has 0 spiro atoms. The van der Waals surface area contributed by atoms with Crippen LogP contribution in [-0.4, -0.2) is 39.3 Å². The van der Waals surface area contributed by atoms with Gasteiger partial charge in [0.2, 0.25) is 10.0 Å². The van der Waals surface area contributed by atoms with Crippen LogP contribution in [0.15, 0.2) is 53.6 Å². The fourth-order valence-electron chi connectivity index (χ4n) is 2.24. The van der Waals surface area contributed by atoms with Gasteiger partial charge in [0.05, 0.1) is 18.2 Å². The summed E-state index contributed by atoms with van der Waals surface area (Å²) in [5.74, 6) is -0.605. The molecular weight excluding hydrogens is 382 g/mol. The first-order chi connectivity index (χ1) is 13.1. The largest absolute Gasteiger partial charge is 0.427 e. The van der Waals surface area contributed by atoms with Crippen LogP contribution in [-0.2, 0) is 19.6 Å². The van der Waals surface area contributed by atoms with Crippen LogP contribution < -0.4 is 14.5 Å². The van der Waals surface area contributed by atoms with E-state index in [2.05, 4.69) is 10.5 Å². The summed E-state index contributed by atoms with van der Waals surface area (Å²) in [5, 5.41) is 3.82. The van der Waals surface area contributed by atoms with Gasteiger partial charge in [-0.25, -0.2) is 13.8 Å². The molecule has 2 aromatic rings. The molecule has 0 aliphatic rings. The fraction of sp³-hybridized carbons (Fsp3) is 0.211. The minimum Gasteiger partial charge on any atom is -0.427 e. The highest BCUT2D eigenvalue weighted by molar-refractivity contribution is 7.92. The first-order valence-electron chi connectivity index (χ1n) is 8.30. The second-order valence-corrected chi connectivity index (χ2v) is 7.97. The van der Waals surface area contributed by atoms with Crippen molar-refractivity contribution < 1.29 is 22.7 Å². The Morgan fingerprint density at radius 2 is 1.71 bits per heavy atom. The highest BCUT2D eigenvalue weighted by atomic mass is 32.2. The maximum atomic E-state index is 12.1. The van der Waals surface area contributed by atoms with Gasteiger partial charge in [-0.2, -0.15) is 5.10 Å². The van der Waals surface area contributed by atoms with Gasteiger partial charge in [-0.15, -0.1) is 0 Å². The van der Waals surface area contributed by atoms with Crippen LogP contribution in [0.1, 0.15) is 18.1 Å². The number of ether oxygens (including phenoxy) is 1. The predicted molar refractivity (Wildman–Crippen MR) is 107 cm³/mol. The molecule has 0 unspecified atom stereocenters. The first-order valence-corrected chi connectivity index (χ1v) is 10.1. The van der Waals surface area contributed by atoms with Gasteiger partial charge in [-0.05, 0) is 48.9 Å². The summed E-state index contributed by atoms with van der Waals surface area (Å²) in [6.07, 6.45) is 2.43. The lowest BCUT2D eigenvalue weighted by molar-refractivity contribution is -0.131. The average Bonchev–Trinajstić information content (AvgIpc) is 2.61. The number of amides is 1. The Kier molecular flexibility index (Phi) is 6.89. The number of hydrazone groups is 1. The van der Waals surface area contributed by atoms with Crippen molar-refractivity contribution in [2.75, 3.05) is 17.1 Å². The highest BCUT2D eigenvalue weighted by Gasteiger charge is 2.20. The Bertz CT molecular complexity index is 968. The van der Waals surface area contributed by atoms with Crippen LogP contribution in [0.2, 0.25) is 0 Å². The van der Waals surface area contributed by atoms with E-state index in [1.165, 1.54) is 13.1 Å². The summed E-state index contributed by atoms with van der Waals surface area (Å²) in [7, 11) is -3.64. The maximum Gasteiger partial charge on any atom is 0.308 e. The molecule has 0 aliphatic carbocycles. The molecule has 2 rings (SSSR count). The van der Waals surface area contributed by atoms with Crippen molar-refractivity contribution in [2.24, 2.45) is 5.10 Å². The quantitative estimate of drug-likeness (QED) is 0.329. The number of benzene rings is 2. The summed E-state index contributed by atoms with van der Waals surface area (Å²) in [6, 6.07) is 13.3. The molecule has 0 saturated heterocycles. The third kappa shape index (κ3) is 6.51. The van der Waals surface area contributed by atoms with E-state index in [0.717, 1.165) is 16.1 Å². The Morgan fingerprint density at radius 3 is 2.25 bits per heavy atom. The number of nitrogens with zero attached hydrogens (tertiary/aromatic N) is 2. The molecule has 0 radical (unpaired) electrons. The molecule has 8 nitrogen and oxygen atoms in total. The summed E-state index contributed by atoms with van der Waals surface area (Å²) < 4.78 is 30.0. The van der Waals surface area contributed by atoms with Crippen LogP contribution in [0.3, 0.4) is 0 Å². The van der Waals surface area contributed by atoms with Gasteiger partial charge in [0.25, 0.3) is 5.91 Å². The molecule has 148 valence electrons. The number of carbonyl (C=O) groups is 2. The first kappa shape index (κ1) is 21.1. The van der Waals surface area contributed by atoms with Crippen molar-refractivity contribution in [3.8, 4) is 5.75 Å². The lowest BCUT2D eigenvalue weighted by Crippen LogP contribution is -2.39. The van der Waals surface area contributed by atoms with E-state index in [-0.39, 0.29) is 0 Å². The number of anilines is 1. The second-order valence-electron chi connectivity index (χ2n) is 6.06. The summed E-state index contributed by atoms with van der Waals surface area (Å²) in [4.78, 5) is 23.0. The van der Waals surface area contributed by atoms with Gasteiger partial charge < -0.3 is 4.74 Å². The zero-order valence-corrected chi connectivity index (χ0v) is 16.6. The molecule has 0 atom stereocenters. The third-order valence-electron chi connectivity index (χ3n) is 3.55. The Balaban J connectivity index is 2.00. The van der Waals surface area contributed by atoms with Crippen molar-refractivity contribution in [1.29, 1.82) is 0 Å². The molecule has 0 saturated carbocycles. The molecule has 1 amide bonds. The Labute approximate surface area is 163 Å². The normalized spacial score (nSPS) is 11.2. The number of esters is 1. The van der Waals surface area contributed by atoms with Gasteiger partial charge in [0.1, 0.15) is 12.3 Å². The third-order valence-corrected chi connectivity index (χ3v) is 4.69. The van der Waals surface area contributed by atoms with Gasteiger partial charge in [-0.1, -0.05) is 17.7 Å². The van der Waals surface area contributed by atoms with E-state index < -0.39 is 28.4 Å². The van der Waals surface area contributed by atoms with Crippen molar-refractivity contribution in [2.45, 2.75) is 13.8 Å². The molecule has 9 heteroatoms. The molecule has 0 bridgehead atoms. The molecule has 2 aromatic carbocycles. The van der Waals surface area contributed by atoms with E-state index in [9.17, 15) is 18.0 Å². The van der Waals surface area contributed by atoms with Crippen molar-refractivity contribution >= 4 is 33.8 Å². The van der Waals surface area contributed by atoms with Crippen molar-refractivity contribution in [3.05, 3.63) is 59.7 Å². The molecule has 28 heavy (non-hydrogen) atoms. The zero-order valence-electron chi connectivity index (χ0n) is 15.7. The van der Waals surface area contributed by atoms with Gasteiger partial charge in [0, 0.05) is 6.92 Å². The number of nitrogens with one attached hydrogen (secondary N) is 1. The fourth-order valence-corrected chi connectivity index (χ4v) is 3.10. The van der Waals surface area contributed by atoms with Crippen LogP contribution >= 0.6 is 0 Å². The number of hydrogen-bond donors (Lipinski definition) is 1. The smallest absolute Gasteiger partial charge is 0.308 e. The number of aryl methyl sites for hydroxylation is 1. The molecule has 1 N–H and O–H groups in total. The number of sulfonamides is 1.